The van der Waals surface area contributed by atoms with Gasteiger partial charge in [0.15, 0.2) is 5.13 Å². The number of urea groups is 1. The van der Waals surface area contributed by atoms with E-state index in [2.05, 4.69) is 27.8 Å². The molecule has 3 saturated carbocycles. The van der Waals surface area contributed by atoms with Crippen LogP contribution in [-0.4, -0.2) is 93.3 Å². The molecule has 4 aliphatic rings. The van der Waals surface area contributed by atoms with Gasteiger partial charge in [0.05, 0.1) is 24.9 Å². The molecule has 3 heterocycles. The van der Waals surface area contributed by atoms with Crippen LogP contribution >= 0.6 is 11.3 Å². The van der Waals surface area contributed by atoms with E-state index in [1.165, 1.54) is 35.2 Å². The Morgan fingerprint density at radius 1 is 1.02 bits per heavy atom. The van der Waals surface area contributed by atoms with Gasteiger partial charge in [0, 0.05) is 41.3 Å². The molecule has 3 aromatic rings. The first-order chi connectivity index (χ1) is 27.2. The highest BCUT2D eigenvalue weighted by Crippen LogP contribution is 2.45. The molecular formula is C42H55N7O7S. The number of rotatable bonds is 13. The van der Waals surface area contributed by atoms with Crippen molar-refractivity contribution in [2.45, 2.75) is 128 Å². The number of thiazole rings is 1. The van der Waals surface area contributed by atoms with Crippen LogP contribution < -0.4 is 30.7 Å². The summed E-state index contributed by atoms with van der Waals surface area (Å²) in [5.41, 5.74) is 0.614. The number of anilines is 1. The number of benzene rings is 1. The normalized spacial score (nSPS) is 24.2. The van der Waals surface area contributed by atoms with E-state index < -0.39 is 58.9 Å². The number of nitrogens with zero attached hydrogens (tertiary/aromatic N) is 3. The SMILES string of the molecule is C=C[C@@H]1C[C@]1(NC(=O)[C@@H]1C[C@@H](Oc2cc(-c3csc(NC4CCCC4)n3)nc3cc(C)c(OC)cc23)CN1C(=O)[C@@H](NC(=O)NC1CCCC1)C(C)(C)C)C(=O)O. The number of hydrogen-bond donors (Lipinski definition) is 5. The first kappa shape index (κ1) is 40.3. The summed E-state index contributed by atoms with van der Waals surface area (Å²) in [7, 11) is 1.60. The molecule has 0 spiro atoms. The minimum Gasteiger partial charge on any atom is -0.496 e. The Labute approximate surface area is 337 Å². The van der Waals surface area contributed by atoms with Gasteiger partial charge < -0.3 is 40.7 Å². The van der Waals surface area contributed by atoms with Crippen molar-refractivity contribution >= 4 is 51.2 Å². The maximum absolute atomic E-state index is 14.7. The number of carbonyl (C=O) groups is 4. The Bertz CT molecular complexity index is 2040. The Morgan fingerprint density at radius 3 is 2.35 bits per heavy atom. The van der Waals surface area contributed by atoms with Gasteiger partial charge in [0.25, 0.3) is 0 Å². The van der Waals surface area contributed by atoms with E-state index in [1.807, 2.05) is 51.3 Å². The number of carboxylic acid groups (broad SMARTS) is 1. The van der Waals surface area contributed by atoms with Gasteiger partial charge in [-0.1, -0.05) is 52.5 Å². The van der Waals surface area contributed by atoms with Crippen LogP contribution in [0.1, 0.15) is 90.5 Å². The predicted octanol–water partition coefficient (Wildman–Crippen LogP) is 6.18. The molecule has 5 N–H and O–H groups in total. The lowest BCUT2D eigenvalue weighted by Crippen LogP contribution is -2.60. The fraction of sp³-hybridized carbons (Fsp3) is 0.571. The molecule has 0 radical (unpaired) electrons. The van der Waals surface area contributed by atoms with Crippen molar-refractivity contribution in [2.75, 3.05) is 19.0 Å². The van der Waals surface area contributed by atoms with E-state index in [1.54, 1.807) is 7.11 Å². The number of carboxylic acids is 1. The van der Waals surface area contributed by atoms with Gasteiger partial charge in [-0.15, -0.1) is 17.9 Å². The average molecular weight is 802 g/mol. The minimum atomic E-state index is -1.50. The molecule has 57 heavy (non-hydrogen) atoms. The van der Waals surface area contributed by atoms with Gasteiger partial charge in [0.2, 0.25) is 11.8 Å². The standard InChI is InChI=1S/C42H55N7O7S/c1-7-24-20-42(24,38(52)53)48-36(50)32-17-27(21-49(32)37(51)35(41(3,4)5)47-39(54)43-25-12-8-9-13-25)56-34-19-30(45-29-16-23(2)33(55-6)18-28(29)34)31-22-57-40(46-31)44-26-14-10-11-15-26/h7,16,18-19,22,24-27,32,35H,1,8-15,17,20-21H2,2-6H3,(H,44,46)(H,48,50)(H,52,53)(H2,43,47,54)/t24-,27-,32+,35-,42-/m1/s1. The number of hydrogen-bond acceptors (Lipinski definition) is 10. The first-order valence-corrected chi connectivity index (χ1v) is 21.0. The number of fused-ring (bicyclic) bond motifs is 1. The number of nitrogens with one attached hydrogen (secondary N) is 4. The Kier molecular flexibility index (Phi) is 11.4. The number of aromatic nitrogens is 2. The largest absolute Gasteiger partial charge is 0.496 e. The van der Waals surface area contributed by atoms with Crippen molar-refractivity contribution < 1.29 is 33.8 Å². The van der Waals surface area contributed by atoms with E-state index in [0.717, 1.165) is 49.2 Å². The second-order valence-corrected chi connectivity index (χ2v) is 18.1. The molecule has 0 unspecified atom stereocenters. The first-order valence-electron chi connectivity index (χ1n) is 20.1. The van der Waals surface area contributed by atoms with Crippen molar-refractivity contribution in [1.29, 1.82) is 0 Å². The van der Waals surface area contributed by atoms with Gasteiger partial charge in [-0.05, 0) is 62.1 Å². The van der Waals surface area contributed by atoms with Crippen LogP contribution in [0.2, 0.25) is 0 Å². The third-order valence-corrected chi connectivity index (χ3v) is 12.8. The zero-order valence-electron chi connectivity index (χ0n) is 33.5. The molecule has 4 amide bonds. The summed E-state index contributed by atoms with van der Waals surface area (Å²) in [5, 5.41) is 25.9. The lowest BCUT2D eigenvalue weighted by Gasteiger charge is -2.35. The van der Waals surface area contributed by atoms with E-state index in [-0.39, 0.29) is 25.4 Å². The summed E-state index contributed by atoms with van der Waals surface area (Å²) in [6.07, 6.45) is 9.59. The second kappa shape index (κ2) is 16.1. The van der Waals surface area contributed by atoms with E-state index in [9.17, 15) is 24.3 Å². The smallest absolute Gasteiger partial charge is 0.330 e. The number of carbonyl (C=O) groups excluding carboxylic acids is 3. The zero-order chi connectivity index (χ0) is 40.6. The van der Waals surface area contributed by atoms with Crippen molar-refractivity contribution in [3.8, 4) is 22.9 Å². The molecule has 3 aliphatic carbocycles. The maximum atomic E-state index is 14.7. The molecule has 14 nitrogen and oxygen atoms in total. The third kappa shape index (κ3) is 8.53. The van der Waals surface area contributed by atoms with Crippen LogP contribution in [0.25, 0.3) is 22.3 Å². The number of amides is 4. The molecule has 5 atom stereocenters. The van der Waals surface area contributed by atoms with Gasteiger partial charge in [-0.25, -0.2) is 19.6 Å². The Balaban J connectivity index is 1.20. The highest BCUT2D eigenvalue weighted by Gasteiger charge is 2.61. The molecular weight excluding hydrogens is 747 g/mol. The molecule has 306 valence electrons. The second-order valence-electron chi connectivity index (χ2n) is 17.2. The summed E-state index contributed by atoms with van der Waals surface area (Å²) in [6, 6.07) is 3.55. The third-order valence-electron chi connectivity index (χ3n) is 12.0. The monoisotopic (exact) mass is 801 g/mol. The van der Waals surface area contributed by atoms with Crippen LogP contribution in [0.5, 0.6) is 11.5 Å². The maximum Gasteiger partial charge on any atom is 0.330 e. The molecule has 1 aromatic carbocycles. The molecule has 2 aromatic heterocycles. The van der Waals surface area contributed by atoms with Crippen molar-refractivity contribution in [1.82, 2.24) is 30.8 Å². The zero-order valence-corrected chi connectivity index (χ0v) is 34.3. The highest BCUT2D eigenvalue weighted by molar-refractivity contribution is 7.14. The quantitative estimate of drug-likeness (QED) is 0.125. The Morgan fingerprint density at radius 2 is 1.72 bits per heavy atom. The lowest BCUT2D eigenvalue weighted by molar-refractivity contribution is -0.146. The van der Waals surface area contributed by atoms with E-state index >= 15 is 0 Å². The fourth-order valence-corrected chi connectivity index (χ4v) is 9.38. The molecule has 0 bridgehead atoms. The van der Waals surface area contributed by atoms with Gasteiger partial charge in [-0.3, -0.25) is 9.59 Å². The Hall–Kier alpha value is -4.92. The van der Waals surface area contributed by atoms with Gasteiger partial charge in [0.1, 0.15) is 40.9 Å². The van der Waals surface area contributed by atoms with Crippen molar-refractivity contribution in [3.05, 3.63) is 41.8 Å². The number of aryl methyl sites for hydroxylation is 1. The average Bonchev–Trinajstić information content (AvgIpc) is 3.80. The number of aliphatic carboxylic acids is 1. The summed E-state index contributed by atoms with van der Waals surface area (Å²) in [5.74, 6) is -1.55. The number of ether oxygens (including phenoxy) is 2. The molecule has 4 fully saturated rings. The van der Waals surface area contributed by atoms with Crippen LogP contribution in [0.15, 0.2) is 36.2 Å². The highest BCUT2D eigenvalue weighted by atomic mass is 32.1. The van der Waals surface area contributed by atoms with Crippen LogP contribution in [0.3, 0.4) is 0 Å². The molecule has 1 saturated heterocycles. The lowest BCUT2D eigenvalue weighted by atomic mass is 9.85. The van der Waals surface area contributed by atoms with Crippen LogP contribution in [0.4, 0.5) is 9.93 Å². The summed E-state index contributed by atoms with van der Waals surface area (Å²) < 4.78 is 12.5. The summed E-state index contributed by atoms with van der Waals surface area (Å²) in [6.45, 7) is 11.3. The van der Waals surface area contributed by atoms with Crippen molar-refractivity contribution in [2.24, 2.45) is 11.3 Å². The summed E-state index contributed by atoms with van der Waals surface area (Å²) >= 11 is 1.53. The van der Waals surface area contributed by atoms with Gasteiger partial charge in [-0.2, -0.15) is 0 Å². The fourth-order valence-electron chi connectivity index (χ4n) is 8.59. The minimum absolute atomic E-state index is 0.00862. The molecule has 1 aliphatic heterocycles. The van der Waals surface area contributed by atoms with Crippen molar-refractivity contribution in [3.63, 3.8) is 0 Å². The summed E-state index contributed by atoms with van der Waals surface area (Å²) in [4.78, 5) is 65.9. The van der Waals surface area contributed by atoms with E-state index in [0.29, 0.717) is 39.8 Å². The van der Waals surface area contributed by atoms with Crippen LogP contribution in [-0.2, 0) is 14.4 Å². The predicted molar refractivity (Wildman–Crippen MR) is 219 cm³/mol. The molecule has 15 heteroatoms. The number of methoxy groups -OCH3 is 1. The number of likely N-dealkylation sites (tertiary alicyclic amines) is 1. The topological polar surface area (TPSA) is 184 Å². The van der Waals surface area contributed by atoms with Gasteiger partial charge >= 0.3 is 12.0 Å². The van der Waals surface area contributed by atoms with E-state index in [4.69, 9.17) is 19.4 Å². The number of pyridine rings is 1. The van der Waals surface area contributed by atoms with Crippen LogP contribution in [0, 0.1) is 18.3 Å². The molecule has 7 rings (SSSR count).